The largest absolute Gasteiger partial charge is 0.378 e. The number of hydrogen-bond donors (Lipinski definition) is 2. The number of nitrogens with one attached hydrogen (secondary N) is 2. The van der Waals surface area contributed by atoms with Crippen LogP contribution in [0.4, 0.5) is 17.2 Å². The predicted molar refractivity (Wildman–Crippen MR) is 116 cm³/mol. The molecule has 1 aromatic heterocycles. The Morgan fingerprint density at radius 3 is 2.69 bits per heavy atom. The zero-order valence-corrected chi connectivity index (χ0v) is 17.9. The van der Waals surface area contributed by atoms with Gasteiger partial charge in [0.2, 0.25) is 0 Å². The van der Waals surface area contributed by atoms with Crippen LogP contribution >= 0.6 is 28.1 Å². The van der Waals surface area contributed by atoms with Crippen LogP contribution in [-0.4, -0.2) is 47.2 Å². The molecule has 29 heavy (non-hydrogen) atoms. The van der Waals surface area contributed by atoms with Gasteiger partial charge in [-0.25, -0.2) is 4.98 Å². The summed E-state index contributed by atoms with van der Waals surface area (Å²) in [5.74, 6) is -0.0648. The Hall–Kier alpha value is -2.63. The number of morpholine rings is 1. The highest BCUT2D eigenvalue weighted by molar-refractivity contribution is 9.10. The average Bonchev–Trinajstić information content (AvgIpc) is 2.70. The SMILES string of the molecule is Cc1nc(NC(=S)NC(=O)c2cc([N+](=O)[O-])ccc2N2CCOCC2)ccc1Br. The second-order valence-electron chi connectivity index (χ2n) is 6.23. The van der Waals surface area contributed by atoms with Crippen LogP contribution in [0.3, 0.4) is 0 Å². The molecule has 1 saturated heterocycles. The highest BCUT2D eigenvalue weighted by atomic mass is 79.9. The van der Waals surface area contributed by atoms with Crippen LogP contribution < -0.4 is 15.5 Å². The molecule has 0 bridgehead atoms. The summed E-state index contributed by atoms with van der Waals surface area (Å²) < 4.78 is 6.19. The molecule has 3 rings (SSSR count). The van der Waals surface area contributed by atoms with E-state index in [2.05, 4.69) is 31.5 Å². The van der Waals surface area contributed by atoms with Gasteiger partial charge in [-0.05, 0) is 53.3 Å². The van der Waals surface area contributed by atoms with E-state index in [1.165, 1.54) is 12.1 Å². The fourth-order valence-electron chi connectivity index (χ4n) is 2.83. The molecule has 1 aliphatic rings. The Morgan fingerprint density at radius 1 is 1.31 bits per heavy atom. The van der Waals surface area contributed by atoms with E-state index in [4.69, 9.17) is 17.0 Å². The van der Waals surface area contributed by atoms with Crippen LogP contribution in [0.25, 0.3) is 0 Å². The van der Waals surface area contributed by atoms with Crippen molar-refractivity contribution in [1.82, 2.24) is 10.3 Å². The predicted octanol–water partition coefficient (Wildman–Crippen LogP) is 3.02. The smallest absolute Gasteiger partial charge is 0.270 e. The number of thiocarbonyl (C=S) groups is 1. The van der Waals surface area contributed by atoms with Crippen LogP contribution in [0.1, 0.15) is 16.1 Å². The summed E-state index contributed by atoms with van der Waals surface area (Å²) in [6.45, 7) is 4.04. The van der Waals surface area contributed by atoms with Gasteiger partial charge >= 0.3 is 0 Å². The van der Waals surface area contributed by atoms with Crippen molar-refractivity contribution in [2.45, 2.75) is 6.92 Å². The normalized spacial score (nSPS) is 13.7. The number of carbonyl (C=O) groups excluding carboxylic acids is 1. The quantitative estimate of drug-likeness (QED) is 0.391. The first-order valence-electron chi connectivity index (χ1n) is 8.72. The second kappa shape index (κ2) is 9.25. The molecule has 11 heteroatoms. The molecule has 1 aliphatic heterocycles. The number of hydrogen-bond acceptors (Lipinski definition) is 7. The number of nitro groups is 1. The molecule has 1 fully saturated rings. The number of rotatable bonds is 4. The minimum absolute atomic E-state index is 0.0451. The lowest BCUT2D eigenvalue weighted by Crippen LogP contribution is -2.39. The molecule has 0 aliphatic carbocycles. The summed E-state index contributed by atoms with van der Waals surface area (Å²) in [6.07, 6.45) is 0. The Balaban J connectivity index is 1.80. The number of anilines is 2. The number of carbonyl (C=O) groups is 1. The molecule has 0 radical (unpaired) electrons. The van der Waals surface area contributed by atoms with Gasteiger partial charge in [-0.2, -0.15) is 0 Å². The van der Waals surface area contributed by atoms with Crippen molar-refractivity contribution in [1.29, 1.82) is 0 Å². The van der Waals surface area contributed by atoms with E-state index in [-0.39, 0.29) is 16.4 Å². The van der Waals surface area contributed by atoms with Crippen molar-refractivity contribution in [3.8, 4) is 0 Å². The number of benzene rings is 1. The third-order valence-corrected chi connectivity index (χ3v) is 5.32. The monoisotopic (exact) mass is 479 g/mol. The number of amides is 1. The Labute approximate surface area is 180 Å². The third-order valence-electron chi connectivity index (χ3n) is 4.28. The summed E-state index contributed by atoms with van der Waals surface area (Å²) in [5, 5.41) is 16.6. The number of halogens is 1. The zero-order chi connectivity index (χ0) is 21.0. The fraction of sp³-hybridized carbons (Fsp3) is 0.278. The first kappa shape index (κ1) is 21.1. The van der Waals surface area contributed by atoms with Gasteiger partial charge in [0.25, 0.3) is 11.6 Å². The van der Waals surface area contributed by atoms with Crippen molar-refractivity contribution in [3.63, 3.8) is 0 Å². The molecule has 0 unspecified atom stereocenters. The van der Waals surface area contributed by atoms with Crippen molar-refractivity contribution < 1.29 is 14.5 Å². The van der Waals surface area contributed by atoms with Crippen molar-refractivity contribution >= 4 is 56.4 Å². The highest BCUT2D eigenvalue weighted by Gasteiger charge is 2.22. The van der Waals surface area contributed by atoms with E-state index in [1.54, 1.807) is 12.1 Å². The summed E-state index contributed by atoms with van der Waals surface area (Å²) >= 11 is 8.58. The van der Waals surface area contributed by atoms with Crippen LogP contribution in [0.5, 0.6) is 0 Å². The van der Waals surface area contributed by atoms with Crippen LogP contribution in [0.2, 0.25) is 0 Å². The lowest BCUT2D eigenvalue weighted by Gasteiger charge is -2.30. The van der Waals surface area contributed by atoms with E-state index in [1.807, 2.05) is 17.9 Å². The number of pyridine rings is 1. The van der Waals surface area contributed by atoms with Gasteiger partial charge in [0, 0.05) is 29.7 Å². The number of nitrogens with zero attached hydrogens (tertiary/aromatic N) is 3. The van der Waals surface area contributed by atoms with Gasteiger partial charge in [-0.1, -0.05) is 0 Å². The molecule has 0 saturated carbocycles. The molecule has 1 aromatic carbocycles. The van der Waals surface area contributed by atoms with E-state index < -0.39 is 10.8 Å². The third kappa shape index (κ3) is 5.25. The molecule has 0 atom stereocenters. The number of nitro benzene ring substituents is 1. The molecule has 9 nitrogen and oxygen atoms in total. The van der Waals surface area contributed by atoms with Gasteiger partial charge in [0.1, 0.15) is 5.82 Å². The number of non-ortho nitro benzene ring substituents is 1. The van der Waals surface area contributed by atoms with E-state index >= 15 is 0 Å². The minimum Gasteiger partial charge on any atom is -0.378 e. The topological polar surface area (TPSA) is 110 Å². The van der Waals surface area contributed by atoms with E-state index in [0.29, 0.717) is 37.8 Å². The maximum absolute atomic E-state index is 12.9. The van der Waals surface area contributed by atoms with Gasteiger partial charge in [-0.3, -0.25) is 20.2 Å². The fourth-order valence-corrected chi connectivity index (χ4v) is 3.25. The van der Waals surface area contributed by atoms with E-state index in [9.17, 15) is 14.9 Å². The van der Waals surface area contributed by atoms with Crippen LogP contribution in [0.15, 0.2) is 34.8 Å². The Bertz CT molecular complexity index is 965. The molecule has 0 spiro atoms. The Morgan fingerprint density at radius 2 is 2.03 bits per heavy atom. The number of aromatic nitrogens is 1. The van der Waals surface area contributed by atoms with Crippen molar-refractivity contribution in [3.05, 3.63) is 56.2 Å². The first-order chi connectivity index (χ1) is 13.8. The standard InChI is InChI=1S/C18H18BrN5O4S/c1-11-14(19)3-5-16(20-11)21-18(29)22-17(25)13-10-12(24(26)27)2-4-15(13)23-6-8-28-9-7-23/h2-5,10H,6-9H2,1H3,(H2,20,21,22,25,29). The summed E-state index contributed by atoms with van der Waals surface area (Å²) in [4.78, 5) is 29.8. The lowest BCUT2D eigenvalue weighted by atomic mass is 10.1. The number of aryl methyl sites for hydroxylation is 1. The molecule has 1 amide bonds. The van der Waals surface area contributed by atoms with Crippen LogP contribution in [0, 0.1) is 17.0 Å². The van der Waals surface area contributed by atoms with Gasteiger partial charge in [0.15, 0.2) is 5.11 Å². The summed E-state index contributed by atoms with van der Waals surface area (Å²) in [5.41, 5.74) is 1.36. The molecular weight excluding hydrogens is 462 g/mol. The van der Waals surface area contributed by atoms with Gasteiger partial charge in [-0.15, -0.1) is 0 Å². The average molecular weight is 480 g/mol. The summed E-state index contributed by atoms with van der Waals surface area (Å²) in [6, 6.07) is 7.74. The zero-order valence-electron chi connectivity index (χ0n) is 15.5. The molecule has 2 heterocycles. The van der Waals surface area contributed by atoms with Crippen molar-refractivity contribution in [2.24, 2.45) is 0 Å². The van der Waals surface area contributed by atoms with E-state index in [0.717, 1.165) is 10.2 Å². The van der Waals surface area contributed by atoms with Crippen molar-refractivity contribution in [2.75, 3.05) is 36.5 Å². The van der Waals surface area contributed by atoms with Crippen LogP contribution in [-0.2, 0) is 4.74 Å². The van der Waals surface area contributed by atoms with Gasteiger partial charge in [0.05, 0.1) is 35.1 Å². The highest BCUT2D eigenvalue weighted by Crippen LogP contribution is 2.26. The molecule has 2 aromatic rings. The Kier molecular flexibility index (Phi) is 6.72. The first-order valence-corrected chi connectivity index (χ1v) is 9.92. The minimum atomic E-state index is -0.540. The number of ether oxygens (including phenoxy) is 1. The lowest BCUT2D eigenvalue weighted by molar-refractivity contribution is -0.384. The molecule has 152 valence electrons. The maximum atomic E-state index is 12.9. The molecule has 2 N–H and O–H groups in total. The second-order valence-corrected chi connectivity index (χ2v) is 7.49. The summed E-state index contributed by atoms with van der Waals surface area (Å²) in [7, 11) is 0. The molecular formula is C18H18BrN5O4S. The van der Waals surface area contributed by atoms with Gasteiger partial charge < -0.3 is 15.0 Å². The maximum Gasteiger partial charge on any atom is 0.270 e.